The maximum absolute atomic E-state index is 11.5. The molecule has 6 heteroatoms. The minimum Gasteiger partial charge on any atom is -0.199 e. The zero-order valence-electron chi connectivity index (χ0n) is 7.54. The van der Waals surface area contributed by atoms with E-state index in [0.29, 0.717) is 10.6 Å². The molecular weight excluding hydrogens is 232 g/mol. The van der Waals surface area contributed by atoms with Gasteiger partial charge < -0.3 is 0 Å². The van der Waals surface area contributed by atoms with Crippen LogP contribution in [0, 0.1) is 11.3 Å². The predicted octanol–water partition coefficient (Wildman–Crippen LogP) is 1.39. The van der Waals surface area contributed by atoms with Gasteiger partial charge in [-0.05, 0) is 6.07 Å². The second-order valence-electron chi connectivity index (χ2n) is 2.81. The van der Waals surface area contributed by atoms with E-state index < -0.39 is 10.0 Å². The molecule has 4 nitrogen and oxygen atoms in total. The number of sulfonamides is 1. The summed E-state index contributed by atoms with van der Waals surface area (Å²) < 4.78 is 26.7. The molecule has 0 unspecified atom stereocenters. The average molecular weight is 238 g/mol. The Balaban J connectivity index is 2.50. The van der Waals surface area contributed by atoms with Crippen molar-refractivity contribution in [2.45, 2.75) is 4.90 Å². The number of hydrogen-bond donors (Lipinski definition) is 0. The molecule has 0 aromatic heterocycles. The Bertz CT molecular complexity index is 570. The third-order valence-electron chi connectivity index (χ3n) is 1.87. The molecule has 1 aromatic rings. The van der Waals surface area contributed by atoms with E-state index in [1.165, 1.54) is 6.07 Å². The fourth-order valence-electron chi connectivity index (χ4n) is 1.28. The summed E-state index contributed by atoms with van der Waals surface area (Å²) in [4.78, 5) is 0.227. The molecule has 2 rings (SSSR count). The monoisotopic (exact) mass is 238 g/mol. The summed E-state index contributed by atoms with van der Waals surface area (Å²) in [6.07, 6.45) is 0. The lowest BCUT2D eigenvalue weighted by molar-refractivity contribution is 0.599. The third-order valence-corrected chi connectivity index (χ3v) is 4.18. The van der Waals surface area contributed by atoms with Crippen molar-refractivity contribution in [2.75, 3.05) is 5.75 Å². The number of benzene rings is 1. The van der Waals surface area contributed by atoms with Gasteiger partial charge in [0.05, 0.1) is 16.7 Å². The van der Waals surface area contributed by atoms with Crippen LogP contribution < -0.4 is 0 Å². The number of nitriles is 1. The first-order valence-electron chi connectivity index (χ1n) is 4.09. The van der Waals surface area contributed by atoms with Crippen molar-refractivity contribution in [1.82, 2.24) is 0 Å². The Morgan fingerprint density at radius 3 is 2.87 bits per heavy atom. The van der Waals surface area contributed by atoms with Gasteiger partial charge in [-0.15, -0.1) is 0 Å². The lowest BCUT2D eigenvalue weighted by atomic mass is 10.2. The topological polar surface area (TPSA) is 70.3 Å². The molecule has 1 heterocycles. The highest BCUT2D eigenvalue weighted by atomic mass is 32.2. The van der Waals surface area contributed by atoms with Gasteiger partial charge >= 0.3 is 0 Å². The second kappa shape index (κ2) is 3.68. The molecule has 0 aliphatic carbocycles. The molecular formula is C9H6N2O2S2. The first-order valence-corrected chi connectivity index (χ1v) is 6.52. The van der Waals surface area contributed by atoms with Crippen molar-refractivity contribution < 1.29 is 8.42 Å². The van der Waals surface area contributed by atoms with Crippen LogP contribution in [0.1, 0.15) is 5.56 Å². The SMILES string of the molecule is N#CCSC1=NS(=O)(=O)c2ccccc21. The molecule has 0 atom stereocenters. The fourth-order valence-corrected chi connectivity index (χ4v) is 3.49. The maximum atomic E-state index is 11.5. The minimum atomic E-state index is -3.53. The quantitative estimate of drug-likeness (QED) is 0.741. The Labute approximate surface area is 91.7 Å². The smallest absolute Gasteiger partial charge is 0.199 e. The molecule has 0 radical (unpaired) electrons. The van der Waals surface area contributed by atoms with Crippen molar-refractivity contribution in [3.8, 4) is 6.07 Å². The standard InChI is InChI=1S/C9H6N2O2S2/c10-5-6-14-9-7-3-1-2-4-8(7)15(12,13)11-9/h1-4H,6H2. The highest BCUT2D eigenvalue weighted by molar-refractivity contribution is 8.15. The molecule has 76 valence electrons. The van der Waals surface area contributed by atoms with Gasteiger partial charge in [0.1, 0.15) is 5.04 Å². The summed E-state index contributed by atoms with van der Waals surface area (Å²) in [6.45, 7) is 0. The molecule has 0 bridgehead atoms. The van der Waals surface area contributed by atoms with Crippen molar-refractivity contribution in [3.05, 3.63) is 29.8 Å². The summed E-state index contributed by atoms with van der Waals surface area (Å²) in [7, 11) is -3.53. The van der Waals surface area contributed by atoms with Crippen LogP contribution in [0.4, 0.5) is 0 Å². The summed E-state index contributed by atoms with van der Waals surface area (Å²) in [5.74, 6) is 0.197. The van der Waals surface area contributed by atoms with Crippen molar-refractivity contribution >= 4 is 26.8 Å². The molecule has 0 saturated carbocycles. The van der Waals surface area contributed by atoms with E-state index in [0.717, 1.165) is 11.8 Å². The fraction of sp³-hybridized carbons (Fsp3) is 0.111. The number of thioether (sulfide) groups is 1. The van der Waals surface area contributed by atoms with E-state index in [2.05, 4.69) is 4.40 Å². The van der Waals surface area contributed by atoms with Crippen LogP contribution >= 0.6 is 11.8 Å². The van der Waals surface area contributed by atoms with Gasteiger partial charge in [0, 0.05) is 5.56 Å². The average Bonchev–Trinajstić information content (AvgIpc) is 2.49. The second-order valence-corrected chi connectivity index (χ2v) is 5.35. The van der Waals surface area contributed by atoms with Gasteiger partial charge in [0.15, 0.2) is 0 Å². The number of nitrogens with zero attached hydrogens (tertiary/aromatic N) is 2. The van der Waals surface area contributed by atoms with E-state index in [9.17, 15) is 8.42 Å². The first-order chi connectivity index (χ1) is 7.15. The lowest BCUT2D eigenvalue weighted by Gasteiger charge is -1.97. The number of fused-ring (bicyclic) bond motifs is 1. The van der Waals surface area contributed by atoms with Crippen molar-refractivity contribution in [3.63, 3.8) is 0 Å². The zero-order valence-corrected chi connectivity index (χ0v) is 9.18. The maximum Gasteiger partial charge on any atom is 0.284 e. The van der Waals surface area contributed by atoms with Crippen molar-refractivity contribution in [1.29, 1.82) is 5.26 Å². The Morgan fingerprint density at radius 1 is 1.40 bits per heavy atom. The van der Waals surface area contributed by atoms with Crippen molar-refractivity contribution in [2.24, 2.45) is 4.40 Å². The molecule has 0 N–H and O–H groups in total. The van der Waals surface area contributed by atoms with E-state index in [1.807, 2.05) is 6.07 Å². The highest BCUT2D eigenvalue weighted by Crippen LogP contribution is 2.30. The summed E-state index contributed by atoms with van der Waals surface area (Å²) >= 11 is 1.14. The molecule has 1 aliphatic rings. The van der Waals surface area contributed by atoms with Crippen LogP contribution in [0.5, 0.6) is 0 Å². The van der Waals surface area contributed by atoms with Gasteiger partial charge in [-0.2, -0.15) is 18.1 Å². The Hall–Kier alpha value is -1.32. The lowest BCUT2D eigenvalue weighted by Crippen LogP contribution is -1.93. The van der Waals surface area contributed by atoms with Gasteiger partial charge in [-0.25, -0.2) is 0 Å². The summed E-state index contributed by atoms with van der Waals surface area (Å²) in [6, 6.07) is 8.57. The van der Waals surface area contributed by atoms with Crippen LogP contribution in [0.15, 0.2) is 33.6 Å². The predicted molar refractivity (Wildman–Crippen MR) is 58.2 cm³/mol. The molecule has 0 fully saturated rings. The largest absolute Gasteiger partial charge is 0.284 e. The normalized spacial score (nSPS) is 16.6. The molecule has 15 heavy (non-hydrogen) atoms. The van der Waals surface area contributed by atoms with E-state index in [4.69, 9.17) is 5.26 Å². The number of rotatable bonds is 1. The van der Waals surface area contributed by atoms with E-state index >= 15 is 0 Å². The van der Waals surface area contributed by atoms with E-state index in [-0.39, 0.29) is 10.6 Å². The summed E-state index contributed by atoms with van der Waals surface area (Å²) in [5.41, 5.74) is 0.595. The van der Waals surface area contributed by atoms with Crippen LogP contribution in [-0.4, -0.2) is 19.2 Å². The van der Waals surface area contributed by atoms with Crippen LogP contribution in [-0.2, 0) is 10.0 Å². The van der Waals surface area contributed by atoms with Gasteiger partial charge in [-0.3, -0.25) is 0 Å². The van der Waals surface area contributed by atoms with Crippen LogP contribution in [0.2, 0.25) is 0 Å². The highest BCUT2D eigenvalue weighted by Gasteiger charge is 2.28. The Morgan fingerprint density at radius 2 is 2.13 bits per heavy atom. The molecule has 1 aromatic carbocycles. The summed E-state index contributed by atoms with van der Waals surface area (Å²) in [5, 5.41) is 8.84. The van der Waals surface area contributed by atoms with Crippen LogP contribution in [0.25, 0.3) is 0 Å². The van der Waals surface area contributed by atoms with Gasteiger partial charge in [0.25, 0.3) is 10.0 Å². The molecule has 0 spiro atoms. The van der Waals surface area contributed by atoms with E-state index in [1.54, 1.807) is 18.2 Å². The van der Waals surface area contributed by atoms with Gasteiger partial charge in [0.2, 0.25) is 0 Å². The minimum absolute atomic E-state index is 0.197. The first kappa shape index (κ1) is 10.2. The molecule has 0 saturated heterocycles. The number of hydrogen-bond acceptors (Lipinski definition) is 4. The Kier molecular flexibility index (Phi) is 2.50. The third kappa shape index (κ3) is 1.76. The zero-order chi connectivity index (χ0) is 10.9. The molecule has 1 aliphatic heterocycles. The van der Waals surface area contributed by atoms with Crippen LogP contribution in [0.3, 0.4) is 0 Å². The molecule has 0 amide bonds. The van der Waals surface area contributed by atoms with Gasteiger partial charge in [-0.1, -0.05) is 30.0 Å².